The maximum Gasteiger partial charge on any atom is 0.0545 e. The summed E-state index contributed by atoms with van der Waals surface area (Å²) in [5, 5.41) is 4.14. The van der Waals surface area contributed by atoms with Gasteiger partial charge in [-0.05, 0) is 43.1 Å². The summed E-state index contributed by atoms with van der Waals surface area (Å²) in [7, 11) is -0.967. The number of hydrogen-bond acceptors (Lipinski definition) is 2. The summed E-state index contributed by atoms with van der Waals surface area (Å²) in [6, 6.07) is 7.56. The molecule has 0 aliphatic carbocycles. The van der Waals surface area contributed by atoms with Gasteiger partial charge in [0.2, 0.25) is 0 Å². The molecule has 102 valence electrons. The van der Waals surface area contributed by atoms with Crippen molar-refractivity contribution >= 4 is 22.4 Å². The van der Waals surface area contributed by atoms with Crippen molar-refractivity contribution in [1.29, 1.82) is 0 Å². The highest BCUT2D eigenvalue weighted by Crippen LogP contribution is 2.15. The fourth-order valence-corrected chi connectivity index (χ4v) is 3.25. The van der Waals surface area contributed by atoms with Gasteiger partial charge in [-0.1, -0.05) is 32.4 Å². The lowest BCUT2D eigenvalue weighted by atomic mass is 10.1. The van der Waals surface area contributed by atoms with E-state index in [-0.39, 0.29) is 0 Å². The van der Waals surface area contributed by atoms with E-state index in [2.05, 4.69) is 26.1 Å². The van der Waals surface area contributed by atoms with Gasteiger partial charge in [0.25, 0.3) is 0 Å². The Bertz CT molecular complexity index is 378. The first kappa shape index (κ1) is 15.7. The fourth-order valence-electron chi connectivity index (χ4n) is 1.66. The molecular weight excluding hydrogens is 266 g/mol. The van der Waals surface area contributed by atoms with Gasteiger partial charge in [-0.3, -0.25) is 4.21 Å². The fraction of sp³-hybridized carbons (Fsp3) is 0.571. The molecule has 18 heavy (non-hydrogen) atoms. The molecule has 0 aromatic heterocycles. The van der Waals surface area contributed by atoms with E-state index in [1.807, 2.05) is 12.1 Å². The second-order valence-corrected chi connectivity index (χ2v) is 6.70. The van der Waals surface area contributed by atoms with Crippen LogP contribution in [0.5, 0.6) is 0 Å². The van der Waals surface area contributed by atoms with Crippen molar-refractivity contribution in [2.75, 3.05) is 12.3 Å². The second-order valence-electron chi connectivity index (χ2n) is 4.77. The normalized spacial score (nSPS) is 14.7. The molecule has 0 amide bonds. The summed E-state index contributed by atoms with van der Waals surface area (Å²) >= 11 is 5.83. The number of hydrogen-bond donors (Lipinski definition) is 1. The maximum absolute atomic E-state index is 12.3. The first-order valence-electron chi connectivity index (χ1n) is 6.42. The molecule has 1 aromatic rings. The molecule has 2 atom stereocenters. The van der Waals surface area contributed by atoms with Gasteiger partial charge in [-0.2, -0.15) is 0 Å². The number of nitrogens with one attached hydrogen (secondary N) is 1. The van der Waals surface area contributed by atoms with Crippen molar-refractivity contribution in [3.8, 4) is 0 Å². The molecule has 0 bridgehead atoms. The Labute approximate surface area is 118 Å². The van der Waals surface area contributed by atoms with Crippen molar-refractivity contribution in [1.82, 2.24) is 5.32 Å². The van der Waals surface area contributed by atoms with Gasteiger partial charge >= 0.3 is 0 Å². The summed E-state index contributed by atoms with van der Waals surface area (Å²) in [4.78, 5) is 0.850. The Morgan fingerprint density at radius 2 is 1.89 bits per heavy atom. The van der Waals surface area contributed by atoms with Crippen molar-refractivity contribution in [3.05, 3.63) is 29.3 Å². The van der Waals surface area contributed by atoms with Crippen LogP contribution in [0.3, 0.4) is 0 Å². The average Bonchev–Trinajstić information content (AvgIpc) is 2.34. The van der Waals surface area contributed by atoms with E-state index in [1.165, 1.54) is 0 Å². The molecule has 0 radical (unpaired) electrons. The molecule has 0 fully saturated rings. The van der Waals surface area contributed by atoms with Crippen LogP contribution in [0.25, 0.3) is 0 Å². The molecule has 0 saturated heterocycles. The zero-order chi connectivity index (χ0) is 13.5. The van der Waals surface area contributed by atoms with E-state index in [0.717, 1.165) is 17.9 Å². The highest BCUT2D eigenvalue weighted by atomic mass is 35.5. The van der Waals surface area contributed by atoms with E-state index in [4.69, 9.17) is 11.6 Å². The molecular formula is C14H22ClNOS. The van der Waals surface area contributed by atoms with Crippen LogP contribution in [-0.4, -0.2) is 22.5 Å². The van der Waals surface area contributed by atoms with Crippen LogP contribution in [0.2, 0.25) is 5.02 Å². The maximum atomic E-state index is 12.3. The summed E-state index contributed by atoms with van der Waals surface area (Å²) in [5.74, 6) is 1.13. The van der Waals surface area contributed by atoms with Gasteiger partial charge in [0.15, 0.2) is 0 Å². The van der Waals surface area contributed by atoms with Crippen molar-refractivity contribution in [2.24, 2.45) is 5.92 Å². The summed E-state index contributed by atoms with van der Waals surface area (Å²) in [6.07, 6.45) is 1.09. The monoisotopic (exact) mass is 287 g/mol. The predicted octanol–water partition coefficient (Wildman–Crippen LogP) is 3.47. The van der Waals surface area contributed by atoms with Crippen LogP contribution in [-0.2, 0) is 10.8 Å². The van der Waals surface area contributed by atoms with Gasteiger partial charge in [-0.25, -0.2) is 0 Å². The third-order valence-corrected chi connectivity index (χ3v) is 4.58. The van der Waals surface area contributed by atoms with Crippen LogP contribution in [0, 0.1) is 5.92 Å². The van der Waals surface area contributed by atoms with E-state index < -0.39 is 10.8 Å². The summed E-state index contributed by atoms with van der Waals surface area (Å²) in [5.41, 5.74) is 0. The van der Waals surface area contributed by atoms with E-state index in [9.17, 15) is 4.21 Å². The SMILES string of the molecule is CCCNC(CS(=O)c1ccc(Cl)cc1)C(C)C. The Morgan fingerprint density at radius 1 is 1.28 bits per heavy atom. The molecule has 4 heteroatoms. The molecule has 1 N–H and O–H groups in total. The quantitative estimate of drug-likeness (QED) is 0.832. The third kappa shape index (κ3) is 5.09. The standard InChI is InChI=1S/C14H22ClNOS/c1-4-9-16-14(11(2)3)10-18(17)13-7-5-12(15)6-8-13/h5-8,11,14,16H,4,9-10H2,1-3H3. The first-order chi connectivity index (χ1) is 8.54. The van der Waals surface area contributed by atoms with Crippen molar-refractivity contribution < 1.29 is 4.21 Å². The molecule has 0 aliphatic rings. The smallest absolute Gasteiger partial charge is 0.0545 e. The molecule has 2 unspecified atom stereocenters. The summed E-state index contributed by atoms with van der Waals surface area (Å²) in [6.45, 7) is 7.43. The average molecular weight is 288 g/mol. The van der Waals surface area contributed by atoms with Gasteiger partial charge < -0.3 is 5.32 Å². The molecule has 0 heterocycles. The zero-order valence-corrected chi connectivity index (χ0v) is 12.9. The van der Waals surface area contributed by atoms with E-state index in [0.29, 0.717) is 22.7 Å². The first-order valence-corrected chi connectivity index (χ1v) is 8.11. The van der Waals surface area contributed by atoms with Crippen LogP contribution in [0.1, 0.15) is 27.2 Å². The lowest BCUT2D eigenvalue weighted by molar-refractivity contribution is 0.431. The predicted molar refractivity (Wildman–Crippen MR) is 79.6 cm³/mol. The Kier molecular flexibility index (Phi) is 6.90. The highest BCUT2D eigenvalue weighted by molar-refractivity contribution is 7.85. The number of rotatable bonds is 7. The van der Waals surface area contributed by atoms with Crippen LogP contribution < -0.4 is 5.32 Å². The Morgan fingerprint density at radius 3 is 2.39 bits per heavy atom. The topological polar surface area (TPSA) is 29.1 Å². The number of halogens is 1. The van der Waals surface area contributed by atoms with Crippen LogP contribution >= 0.6 is 11.6 Å². The molecule has 1 rings (SSSR count). The third-order valence-electron chi connectivity index (χ3n) is 2.87. The molecule has 1 aromatic carbocycles. The van der Waals surface area contributed by atoms with Gasteiger partial charge in [0.05, 0.1) is 10.8 Å². The van der Waals surface area contributed by atoms with Crippen LogP contribution in [0.15, 0.2) is 29.2 Å². The molecule has 0 aliphatic heterocycles. The number of benzene rings is 1. The van der Waals surface area contributed by atoms with Crippen LogP contribution in [0.4, 0.5) is 0 Å². The lowest BCUT2D eigenvalue weighted by Crippen LogP contribution is -2.38. The zero-order valence-electron chi connectivity index (χ0n) is 11.3. The van der Waals surface area contributed by atoms with Gasteiger partial charge in [-0.15, -0.1) is 0 Å². The van der Waals surface area contributed by atoms with Gasteiger partial charge in [0, 0.05) is 21.7 Å². The van der Waals surface area contributed by atoms with E-state index in [1.54, 1.807) is 12.1 Å². The highest BCUT2D eigenvalue weighted by Gasteiger charge is 2.16. The second kappa shape index (κ2) is 7.93. The summed E-state index contributed by atoms with van der Waals surface area (Å²) < 4.78 is 12.3. The minimum Gasteiger partial charge on any atom is -0.313 e. The van der Waals surface area contributed by atoms with Gasteiger partial charge in [0.1, 0.15) is 0 Å². The molecule has 0 spiro atoms. The lowest BCUT2D eigenvalue weighted by Gasteiger charge is -2.21. The minimum absolute atomic E-state index is 0.293. The minimum atomic E-state index is -0.967. The Hall–Kier alpha value is -0.380. The van der Waals surface area contributed by atoms with Crippen molar-refractivity contribution in [2.45, 2.75) is 38.1 Å². The van der Waals surface area contributed by atoms with E-state index >= 15 is 0 Å². The van der Waals surface area contributed by atoms with Crippen molar-refractivity contribution in [3.63, 3.8) is 0 Å². The largest absolute Gasteiger partial charge is 0.313 e. The Balaban J connectivity index is 2.63. The molecule has 2 nitrogen and oxygen atoms in total. The molecule has 0 saturated carbocycles.